The van der Waals surface area contributed by atoms with Gasteiger partial charge >= 0.3 is 0 Å². The molecule has 0 spiro atoms. The van der Waals surface area contributed by atoms with Crippen molar-refractivity contribution >= 4 is 15.9 Å². The topological polar surface area (TPSA) is 0 Å². The van der Waals surface area contributed by atoms with E-state index in [-0.39, 0.29) is 0 Å². The summed E-state index contributed by atoms with van der Waals surface area (Å²) in [5, 5.41) is 0. The lowest BCUT2D eigenvalue weighted by atomic mass is 9.77. The number of rotatable bonds is 1. The van der Waals surface area contributed by atoms with Crippen LogP contribution in [0.2, 0.25) is 0 Å². The maximum atomic E-state index is 3.58. The number of hydrogen-bond donors (Lipinski definition) is 0. The van der Waals surface area contributed by atoms with E-state index in [0.717, 1.165) is 11.8 Å². The summed E-state index contributed by atoms with van der Waals surface area (Å²) in [4.78, 5) is 0. The third kappa shape index (κ3) is 1.95. The molecule has 1 unspecified atom stereocenters. The van der Waals surface area contributed by atoms with Crippen LogP contribution in [0.25, 0.3) is 0 Å². The van der Waals surface area contributed by atoms with Crippen molar-refractivity contribution in [3.05, 3.63) is 33.8 Å². The van der Waals surface area contributed by atoms with Gasteiger partial charge in [0.2, 0.25) is 0 Å². The Morgan fingerprint density at radius 3 is 2.62 bits per heavy atom. The van der Waals surface area contributed by atoms with E-state index < -0.39 is 0 Å². The Labute approximate surface area is 107 Å². The summed E-state index contributed by atoms with van der Waals surface area (Å²) in [6.45, 7) is 0. The monoisotopic (exact) mass is 278 g/mol. The Morgan fingerprint density at radius 1 is 1.00 bits per heavy atom. The highest BCUT2D eigenvalue weighted by molar-refractivity contribution is 9.10. The van der Waals surface area contributed by atoms with Crippen LogP contribution in [0.3, 0.4) is 0 Å². The molecule has 0 amide bonds. The molecule has 2 aliphatic carbocycles. The zero-order chi connectivity index (χ0) is 11.0. The van der Waals surface area contributed by atoms with Gasteiger partial charge in [0, 0.05) is 4.47 Å². The van der Waals surface area contributed by atoms with E-state index in [2.05, 4.69) is 34.1 Å². The van der Waals surface area contributed by atoms with E-state index in [4.69, 9.17) is 0 Å². The maximum absolute atomic E-state index is 3.58. The highest BCUT2D eigenvalue weighted by Crippen LogP contribution is 2.44. The van der Waals surface area contributed by atoms with E-state index in [1.54, 1.807) is 11.1 Å². The molecule has 0 radical (unpaired) electrons. The van der Waals surface area contributed by atoms with Crippen LogP contribution in [0.5, 0.6) is 0 Å². The smallest absolute Gasteiger partial charge is 0.0178 e. The minimum absolute atomic E-state index is 0.878. The van der Waals surface area contributed by atoms with E-state index in [1.807, 2.05) is 0 Å². The molecule has 3 rings (SSSR count). The molecule has 2 aliphatic rings. The van der Waals surface area contributed by atoms with E-state index >= 15 is 0 Å². The Hall–Kier alpha value is -0.300. The van der Waals surface area contributed by atoms with Crippen molar-refractivity contribution in [3.63, 3.8) is 0 Å². The largest absolute Gasteiger partial charge is 0.0574 e. The second kappa shape index (κ2) is 4.52. The second-order valence-corrected chi connectivity index (χ2v) is 6.30. The van der Waals surface area contributed by atoms with Crippen LogP contribution in [0.1, 0.15) is 55.6 Å². The van der Waals surface area contributed by atoms with Crippen molar-refractivity contribution in [1.29, 1.82) is 0 Å². The van der Waals surface area contributed by atoms with E-state index in [1.165, 1.54) is 49.4 Å². The standard InChI is InChI=1S/C15H19Br/c16-13-7-9-15-12(10-13)6-8-14(15)11-4-2-1-3-5-11/h7,9-11,14H,1-6,8H2. The molecule has 0 bridgehead atoms. The van der Waals surface area contributed by atoms with Crippen LogP contribution in [-0.4, -0.2) is 0 Å². The van der Waals surface area contributed by atoms with Crippen LogP contribution in [0.4, 0.5) is 0 Å². The number of fused-ring (bicyclic) bond motifs is 1. The lowest BCUT2D eigenvalue weighted by Gasteiger charge is -2.28. The molecule has 1 atom stereocenters. The van der Waals surface area contributed by atoms with Crippen LogP contribution < -0.4 is 0 Å². The Balaban J connectivity index is 1.84. The second-order valence-electron chi connectivity index (χ2n) is 5.39. The molecule has 1 aromatic rings. The number of hydrogen-bond acceptors (Lipinski definition) is 0. The van der Waals surface area contributed by atoms with Crippen molar-refractivity contribution in [2.45, 2.75) is 50.9 Å². The third-order valence-corrected chi connectivity index (χ3v) is 4.94. The molecular formula is C15H19Br. The lowest BCUT2D eigenvalue weighted by molar-refractivity contribution is 0.303. The molecule has 0 aliphatic heterocycles. The summed E-state index contributed by atoms with van der Waals surface area (Å²) >= 11 is 3.58. The summed E-state index contributed by atoms with van der Waals surface area (Å²) in [5.41, 5.74) is 3.26. The molecule has 1 fully saturated rings. The highest BCUT2D eigenvalue weighted by atomic mass is 79.9. The van der Waals surface area contributed by atoms with E-state index in [0.29, 0.717) is 0 Å². The first-order valence-corrected chi connectivity index (χ1v) is 7.42. The molecule has 0 aromatic heterocycles. The van der Waals surface area contributed by atoms with Gasteiger partial charge in [-0.25, -0.2) is 0 Å². The summed E-state index contributed by atoms with van der Waals surface area (Å²) in [6, 6.07) is 6.92. The van der Waals surface area contributed by atoms with Crippen LogP contribution >= 0.6 is 15.9 Å². The van der Waals surface area contributed by atoms with Crippen LogP contribution in [0, 0.1) is 5.92 Å². The molecule has 0 N–H and O–H groups in total. The molecule has 0 nitrogen and oxygen atoms in total. The SMILES string of the molecule is Brc1ccc2c(c1)CCC2C1CCCCC1. The van der Waals surface area contributed by atoms with Gasteiger partial charge in [0.25, 0.3) is 0 Å². The van der Waals surface area contributed by atoms with Gasteiger partial charge in [-0.05, 0) is 60.8 Å². The Kier molecular flexibility index (Phi) is 3.06. The van der Waals surface area contributed by atoms with Crippen molar-refractivity contribution in [2.75, 3.05) is 0 Å². The van der Waals surface area contributed by atoms with Crippen molar-refractivity contribution in [1.82, 2.24) is 0 Å². The first kappa shape index (κ1) is 10.8. The normalized spacial score (nSPS) is 25.7. The predicted molar refractivity (Wildman–Crippen MR) is 71.8 cm³/mol. The van der Waals surface area contributed by atoms with Gasteiger partial charge < -0.3 is 0 Å². The Bertz CT molecular complexity index is 377. The molecule has 0 saturated heterocycles. The number of benzene rings is 1. The van der Waals surface area contributed by atoms with Gasteiger partial charge in [0.05, 0.1) is 0 Å². The first-order chi connectivity index (χ1) is 7.84. The molecule has 86 valence electrons. The molecule has 1 heteroatoms. The minimum Gasteiger partial charge on any atom is -0.0574 e. The lowest BCUT2D eigenvalue weighted by Crippen LogP contribution is -2.14. The van der Waals surface area contributed by atoms with Crippen molar-refractivity contribution in [2.24, 2.45) is 5.92 Å². The number of aryl methyl sites for hydroxylation is 1. The zero-order valence-electron chi connectivity index (χ0n) is 9.71. The van der Waals surface area contributed by atoms with Gasteiger partial charge in [-0.1, -0.05) is 41.3 Å². The average Bonchev–Trinajstić information content (AvgIpc) is 2.73. The number of halogens is 1. The van der Waals surface area contributed by atoms with Gasteiger partial charge in [-0.3, -0.25) is 0 Å². The average molecular weight is 279 g/mol. The Morgan fingerprint density at radius 2 is 1.81 bits per heavy atom. The molecule has 16 heavy (non-hydrogen) atoms. The van der Waals surface area contributed by atoms with Gasteiger partial charge in [0.1, 0.15) is 0 Å². The van der Waals surface area contributed by atoms with Crippen molar-refractivity contribution in [3.8, 4) is 0 Å². The fourth-order valence-corrected chi connectivity index (χ4v) is 4.05. The van der Waals surface area contributed by atoms with Crippen LogP contribution in [-0.2, 0) is 6.42 Å². The quantitative estimate of drug-likeness (QED) is 0.674. The fraction of sp³-hybridized carbons (Fsp3) is 0.600. The fourth-order valence-electron chi connectivity index (χ4n) is 3.65. The van der Waals surface area contributed by atoms with Crippen molar-refractivity contribution < 1.29 is 0 Å². The summed E-state index contributed by atoms with van der Waals surface area (Å²) in [6.07, 6.45) is 10.0. The molecular weight excluding hydrogens is 260 g/mol. The summed E-state index contributed by atoms with van der Waals surface area (Å²) < 4.78 is 1.25. The van der Waals surface area contributed by atoms with Gasteiger partial charge in [0.15, 0.2) is 0 Å². The van der Waals surface area contributed by atoms with E-state index in [9.17, 15) is 0 Å². The highest BCUT2D eigenvalue weighted by Gasteiger charge is 2.30. The minimum atomic E-state index is 0.878. The van der Waals surface area contributed by atoms with Gasteiger partial charge in [-0.2, -0.15) is 0 Å². The molecule has 1 saturated carbocycles. The zero-order valence-corrected chi connectivity index (χ0v) is 11.3. The molecule has 1 aromatic carbocycles. The summed E-state index contributed by atoms with van der Waals surface area (Å²) in [7, 11) is 0. The predicted octanol–water partition coefficient (Wildman–Crippen LogP) is 5.06. The molecule has 0 heterocycles. The van der Waals surface area contributed by atoms with Gasteiger partial charge in [-0.15, -0.1) is 0 Å². The van der Waals surface area contributed by atoms with Crippen LogP contribution in [0.15, 0.2) is 22.7 Å². The summed E-state index contributed by atoms with van der Waals surface area (Å²) in [5.74, 6) is 1.86. The third-order valence-electron chi connectivity index (χ3n) is 4.45. The first-order valence-electron chi connectivity index (χ1n) is 6.63. The maximum Gasteiger partial charge on any atom is 0.0178 e.